The lowest BCUT2D eigenvalue weighted by Gasteiger charge is -2.32. The maximum Gasteiger partial charge on any atom is 0.327 e. The molecule has 8 heteroatoms. The molecule has 1 rings (SSSR count). The van der Waals surface area contributed by atoms with Crippen molar-refractivity contribution >= 4 is 29.7 Å². The quantitative estimate of drug-likeness (QED) is 0.657. The highest BCUT2D eigenvalue weighted by Gasteiger charge is 2.32. The van der Waals surface area contributed by atoms with Crippen molar-refractivity contribution in [3.8, 4) is 0 Å². The molecule has 0 aliphatic carbocycles. The fourth-order valence-electron chi connectivity index (χ4n) is 1.84. The predicted octanol–water partition coefficient (Wildman–Crippen LogP) is 0.360. The minimum Gasteiger partial charge on any atom is -0.480 e. The Labute approximate surface area is 128 Å². The van der Waals surface area contributed by atoms with Gasteiger partial charge < -0.3 is 20.6 Å². The van der Waals surface area contributed by atoms with Gasteiger partial charge in [-0.2, -0.15) is 11.8 Å². The van der Waals surface area contributed by atoms with Gasteiger partial charge >= 0.3 is 12.0 Å². The van der Waals surface area contributed by atoms with Crippen LogP contribution in [0.5, 0.6) is 0 Å². The van der Waals surface area contributed by atoms with Gasteiger partial charge in [0, 0.05) is 37.6 Å². The summed E-state index contributed by atoms with van der Waals surface area (Å²) in [6, 6.07) is -1.21. The zero-order valence-corrected chi connectivity index (χ0v) is 13.2. The van der Waals surface area contributed by atoms with Crippen molar-refractivity contribution in [2.45, 2.75) is 26.3 Å². The average molecular weight is 317 g/mol. The first-order valence-electron chi connectivity index (χ1n) is 7.03. The highest BCUT2D eigenvalue weighted by molar-refractivity contribution is 7.99. The lowest BCUT2D eigenvalue weighted by Crippen LogP contribution is -2.54. The third-order valence-electron chi connectivity index (χ3n) is 3.01. The second kappa shape index (κ2) is 8.76. The molecular formula is C13H23N3O4S. The molecule has 1 unspecified atom stereocenters. The van der Waals surface area contributed by atoms with Gasteiger partial charge in [-0.15, -0.1) is 0 Å². The molecule has 1 aliphatic rings. The van der Waals surface area contributed by atoms with Crippen molar-refractivity contribution in [3.63, 3.8) is 0 Å². The zero-order chi connectivity index (χ0) is 15.8. The number of carboxylic acid groups (broad SMARTS) is 1. The van der Waals surface area contributed by atoms with E-state index in [9.17, 15) is 14.4 Å². The monoisotopic (exact) mass is 317 g/mol. The number of hydrogen-bond acceptors (Lipinski definition) is 4. The van der Waals surface area contributed by atoms with E-state index < -0.39 is 18.0 Å². The number of carboxylic acids is 1. The zero-order valence-electron chi connectivity index (χ0n) is 12.4. The number of rotatable bonds is 6. The first-order chi connectivity index (χ1) is 9.91. The third-order valence-corrected chi connectivity index (χ3v) is 4.03. The molecule has 0 aromatic heterocycles. The van der Waals surface area contributed by atoms with Crippen molar-refractivity contribution in [2.75, 3.05) is 31.1 Å². The fraction of sp³-hybridized carbons (Fsp3) is 0.769. The molecule has 0 saturated carbocycles. The van der Waals surface area contributed by atoms with Gasteiger partial charge in [-0.05, 0) is 5.92 Å². The summed E-state index contributed by atoms with van der Waals surface area (Å²) in [6.45, 7) is 5.23. The van der Waals surface area contributed by atoms with E-state index in [1.54, 1.807) is 0 Å². The Morgan fingerprint density at radius 3 is 2.67 bits per heavy atom. The van der Waals surface area contributed by atoms with E-state index in [1.165, 1.54) is 16.7 Å². The predicted molar refractivity (Wildman–Crippen MR) is 81.3 cm³/mol. The Kier molecular flexibility index (Phi) is 7.35. The van der Waals surface area contributed by atoms with E-state index in [4.69, 9.17) is 5.11 Å². The normalized spacial score (nSPS) is 18.4. The summed E-state index contributed by atoms with van der Waals surface area (Å²) in [6.07, 6.45) is 0.193. The molecule has 7 nitrogen and oxygen atoms in total. The largest absolute Gasteiger partial charge is 0.480 e. The van der Waals surface area contributed by atoms with Gasteiger partial charge in [0.2, 0.25) is 5.91 Å². The summed E-state index contributed by atoms with van der Waals surface area (Å²) in [5.41, 5.74) is 0. The van der Waals surface area contributed by atoms with Gasteiger partial charge in [-0.3, -0.25) is 4.79 Å². The molecule has 0 aromatic rings. The number of amides is 3. The van der Waals surface area contributed by atoms with Crippen LogP contribution >= 0.6 is 11.8 Å². The molecule has 1 fully saturated rings. The highest BCUT2D eigenvalue weighted by Crippen LogP contribution is 2.16. The topological polar surface area (TPSA) is 98.7 Å². The smallest absolute Gasteiger partial charge is 0.327 e. The molecule has 1 atom stereocenters. The van der Waals surface area contributed by atoms with E-state index in [1.807, 2.05) is 13.8 Å². The van der Waals surface area contributed by atoms with Crippen molar-refractivity contribution in [1.29, 1.82) is 0 Å². The van der Waals surface area contributed by atoms with Gasteiger partial charge in [0.25, 0.3) is 0 Å². The standard InChI is InChI=1S/C13H23N3O4S/c1-9(2)7-15-11(17)3-4-14-13(20)16-5-6-21-8-10(16)12(18)19/h9-10H,3-8H2,1-2H3,(H,14,20)(H,15,17)(H,18,19). The van der Waals surface area contributed by atoms with Crippen molar-refractivity contribution < 1.29 is 19.5 Å². The van der Waals surface area contributed by atoms with E-state index >= 15 is 0 Å². The Bertz CT molecular complexity index is 390. The summed E-state index contributed by atoms with van der Waals surface area (Å²) in [7, 11) is 0. The Morgan fingerprint density at radius 1 is 1.33 bits per heavy atom. The maximum atomic E-state index is 12.0. The third kappa shape index (κ3) is 6.24. The maximum absolute atomic E-state index is 12.0. The molecule has 0 bridgehead atoms. The summed E-state index contributed by atoms with van der Waals surface area (Å²) in [4.78, 5) is 35.9. The minimum atomic E-state index is -0.993. The van der Waals surface area contributed by atoms with E-state index in [0.29, 0.717) is 24.8 Å². The van der Waals surface area contributed by atoms with Crippen LogP contribution in [0.1, 0.15) is 20.3 Å². The summed E-state index contributed by atoms with van der Waals surface area (Å²) < 4.78 is 0. The second-order valence-electron chi connectivity index (χ2n) is 5.30. The molecular weight excluding hydrogens is 294 g/mol. The first-order valence-corrected chi connectivity index (χ1v) is 8.19. The molecule has 3 N–H and O–H groups in total. The van der Waals surface area contributed by atoms with Gasteiger partial charge in [0.05, 0.1) is 0 Å². The molecule has 1 saturated heterocycles. The summed E-state index contributed by atoms with van der Waals surface area (Å²) in [5, 5.41) is 14.5. The lowest BCUT2D eigenvalue weighted by molar-refractivity contribution is -0.141. The number of urea groups is 1. The molecule has 0 aromatic carbocycles. The van der Waals surface area contributed by atoms with Crippen LogP contribution < -0.4 is 10.6 Å². The van der Waals surface area contributed by atoms with Crippen LogP contribution in [0.2, 0.25) is 0 Å². The van der Waals surface area contributed by atoms with E-state index in [0.717, 1.165) is 5.75 Å². The molecule has 3 amide bonds. The molecule has 1 heterocycles. The molecule has 21 heavy (non-hydrogen) atoms. The van der Waals surface area contributed by atoms with Crippen molar-refractivity contribution in [1.82, 2.24) is 15.5 Å². The average Bonchev–Trinajstić information content (AvgIpc) is 2.44. The summed E-state index contributed by atoms with van der Waals surface area (Å²) in [5.74, 6) is 0.398. The van der Waals surface area contributed by atoms with E-state index in [2.05, 4.69) is 10.6 Å². The van der Waals surface area contributed by atoms with Gasteiger partial charge in [-0.25, -0.2) is 9.59 Å². The number of nitrogens with one attached hydrogen (secondary N) is 2. The summed E-state index contributed by atoms with van der Waals surface area (Å²) >= 11 is 1.52. The lowest BCUT2D eigenvalue weighted by atomic mass is 10.2. The number of carbonyl (C=O) groups excluding carboxylic acids is 2. The fourth-order valence-corrected chi connectivity index (χ4v) is 2.88. The minimum absolute atomic E-state index is 0.118. The molecule has 0 radical (unpaired) electrons. The van der Waals surface area contributed by atoms with Crippen molar-refractivity contribution in [3.05, 3.63) is 0 Å². The molecule has 120 valence electrons. The number of nitrogens with zero attached hydrogens (tertiary/aromatic N) is 1. The van der Waals surface area contributed by atoms with Gasteiger partial charge in [-0.1, -0.05) is 13.8 Å². The highest BCUT2D eigenvalue weighted by atomic mass is 32.2. The Hall–Kier alpha value is -1.44. The van der Waals surface area contributed by atoms with Crippen LogP contribution in [0.3, 0.4) is 0 Å². The van der Waals surface area contributed by atoms with Gasteiger partial charge in [0.15, 0.2) is 0 Å². The van der Waals surface area contributed by atoms with Gasteiger partial charge in [0.1, 0.15) is 6.04 Å². The molecule has 0 spiro atoms. The number of hydrogen-bond donors (Lipinski definition) is 3. The van der Waals surface area contributed by atoms with E-state index in [-0.39, 0.29) is 18.9 Å². The van der Waals surface area contributed by atoms with Crippen LogP contribution in [-0.4, -0.2) is 65.1 Å². The number of carbonyl (C=O) groups is 3. The second-order valence-corrected chi connectivity index (χ2v) is 6.45. The Balaban J connectivity index is 2.32. The van der Waals surface area contributed by atoms with Crippen molar-refractivity contribution in [2.24, 2.45) is 5.92 Å². The van der Waals surface area contributed by atoms with Crippen LogP contribution in [0, 0.1) is 5.92 Å². The van der Waals surface area contributed by atoms with Crippen LogP contribution in [0.4, 0.5) is 4.79 Å². The number of aliphatic carboxylic acids is 1. The van der Waals surface area contributed by atoms with Crippen LogP contribution in [-0.2, 0) is 9.59 Å². The van der Waals surface area contributed by atoms with Crippen LogP contribution in [0.15, 0.2) is 0 Å². The number of thioether (sulfide) groups is 1. The van der Waals surface area contributed by atoms with Crippen LogP contribution in [0.25, 0.3) is 0 Å². The Morgan fingerprint density at radius 2 is 2.05 bits per heavy atom. The SMILES string of the molecule is CC(C)CNC(=O)CCNC(=O)N1CCSCC1C(=O)O. The molecule has 1 aliphatic heterocycles. The first kappa shape index (κ1) is 17.6.